The average molecular weight is 470 g/mol. The zero-order valence-corrected chi connectivity index (χ0v) is 18.4. The summed E-state index contributed by atoms with van der Waals surface area (Å²) in [5, 5.41) is 6.99. The molecule has 6 nitrogen and oxygen atoms in total. The van der Waals surface area contributed by atoms with Crippen LogP contribution >= 0.6 is 15.9 Å². The van der Waals surface area contributed by atoms with Gasteiger partial charge in [-0.3, -0.25) is 9.69 Å². The van der Waals surface area contributed by atoms with Crippen LogP contribution in [0.4, 0.5) is 0 Å². The Morgan fingerprint density at radius 3 is 2.53 bits per heavy atom. The molecule has 4 rings (SSSR count). The molecule has 1 aromatic heterocycles. The molecule has 0 radical (unpaired) electrons. The number of rotatable bonds is 6. The largest absolute Gasteiger partial charge is 0.379 e. The first-order valence-corrected chi connectivity index (χ1v) is 10.8. The third-order valence-electron chi connectivity index (χ3n) is 5.28. The molecule has 1 amide bonds. The molecule has 2 heterocycles. The second-order valence-corrected chi connectivity index (χ2v) is 8.28. The Morgan fingerprint density at radius 1 is 1.13 bits per heavy atom. The number of aromatic nitrogens is 1. The minimum atomic E-state index is -0.243. The lowest BCUT2D eigenvalue weighted by Gasteiger charge is -2.35. The maximum absolute atomic E-state index is 12.7. The number of morpholine rings is 1. The quantitative estimate of drug-likeness (QED) is 0.585. The van der Waals surface area contributed by atoms with E-state index < -0.39 is 0 Å². The molecule has 1 aliphatic heterocycles. The number of benzene rings is 2. The molecule has 0 unspecified atom stereocenters. The monoisotopic (exact) mass is 469 g/mol. The predicted octanol–water partition coefficient (Wildman–Crippen LogP) is 4.22. The van der Waals surface area contributed by atoms with Gasteiger partial charge in [-0.25, -0.2) is 0 Å². The summed E-state index contributed by atoms with van der Waals surface area (Å²) in [5.74, 6) is 0.323. The first-order chi connectivity index (χ1) is 14.6. The first-order valence-electron chi connectivity index (χ1n) is 9.99. The highest BCUT2D eigenvalue weighted by Crippen LogP contribution is 2.24. The van der Waals surface area contributed by atoms with Crippen molar-refractivity contribution in [2.75, 3.05) is 32.8 Å². The number of hydrogen-bond acceptors (Lipinski definition) is 5. The van der Waals surface area contributed by atoms with Gasteiger partial charge in [-0.1, -0.05) is 63.0 Å². The smallest absolute Gasteiger partial charge is 0.273 e. The molecular formula is C23H24BrN3O3. The number of nitrogens with zero attached hydrogens (tertiary/aromatic N) is 2. The van der Waals surface area contributed by atoms with Crippen LogP contribution in [0.25, 0.3) is 11.3 Å². The van der Waals surface area contributed by atoms with Crippen LogP contribution in [0.1, 0.15) is 27.7 Å². The number of aryl methyl sites for hydroxylation is 1. The summed E-state index contributed by atoms with van der Waals surface area (Å²) in [4.78, 5) is 15.1. The second-order valence-electron chi connectivity index (χ2n) is 7.37. The zero-order valence-electron chi connectivity index (χ0n) is 16.8. The third-order valence-corrected chi connectivity index (χ3v) is 5.80. The summed E-state index contributed by atoms with van der Waals surface area (Å²) in [5.41, 5.74) is 3.54. The summed E-state index contributed by atoms with van der Waals surface area (Å²) in [7, 11) is 0. The maximum Gasteiger partial charge on any atom is 0.273 e. The van der Waals surface area contributed by atoms with Crippen molar-refractivity contribution in [2.24, 2.45) is 0 Å². The molecule has 3 aromatic rings. The molecule has 156 valence electrons. The molecular weight excluding hydrogens is 446 g/mol. The maximum atomic E-state index is 12.7. The van der Waals surface area contributed by atoms with Gasteiger partial charge in [0.1, 0.15) is 0 Å². The van der Waals surface area contributed by atoms with Gasteiger partial charge in [-0.2, -0.15) is 0 Å². The van der Waals surface area contributed by atoms with Crippen molar-refractivity contribution >= 4 is 21.8 Å². The molecule has 1 saturated heterocycles. The number of amides is 1. The van der Waals surface area contributed by atoms with E-state index in [-0.39, 0.29) is 17.6 Å². The van der Waals surface area contributed by atoms with E-state index in [2.05, 4.69) is 62.5 Å². The van der Waals surface area contributed by atoms with Crippen LogP contribution in [0.15, 0.2) is 63.6 Å². The second kappa shape index (κ2) is 9.55. The van der Waals surface area contributed by atoms with Gasteiger partial charge in [-0.15, -0.1) is 0 Å². The van der Waals surface area contributed by atoms with E-state index in [0.717, 1.165) is 23.1 Å². The molecule has 0 spiro atoms. The van der Waals surface area contributed by atoms with Crippen LogP contribution in [-0.4, -0.2) is 48.8 Å². The Morgan fingerprint density at radius 2 is 1.83 bits per heavy atom. The molecule has 0 bridgehead atoms. The van der Waals surface area contributed by atoms with Crippen LogP contribution < -0.4 is 5.32 Å². The lowest BCUT2D eigenvalue weighted by atomic mass is 10.0. The van der Waals surface area contributed by atoms with Crippen molar-refractivity contribution in [2.45, 2.75) is 13.0 Å². The van der Waals surface area contributed by atoms with E-state index in [1.165, 1.54) is 11.1 Å². The first kappa shape index (κ1) is 20.8. The fraction of sp³-hybridized carbons (Fsp3) is 0.304. The van der Waals surface area contributed by atoms with Crippen LogP contribution in [-0.2, 0) is 4.74 Å². The Hall–Kier alpha value is -2.48. The zero-order chi connectivity index (χ0) is 20.9. The molecule has 1 atom stereocenters. The highest BCUT2D eigenvalue weighted by atomic mass is 79.9. The van der Waals surface area contributed by atoms with E-state index in [9.17, 15) is 4.79 Å². The molecule has 2 aromatic carbocycles. The molecule has 1 N–H and O–H groups in total. The number of carbonyl (C=O) groups excluding carboxylic acids is 1. The summed E-state index contributed by atoms with van der Waals surface area (Å²) in [6, 6.07) is 17.9. The van der Waals surface area contributed by atoms with Crippen LogP contribution in [0.5, 0.6) is 0 Å². The van der Waals surface area contributed by atoms with Crippen LogP contribution in [0.3, 0.4) is 0 Å². The Kier molecular flexibility index (Phi) is 6.62. The van der Waals surface area contributed by atoms with Crippen molar-refractivity contribution in [3.8, 4) is 11.3 Å². The van der Waals surface area contributed by atoms with Gasteiger partial charge in [0.25, 0.3) is 5.91 Å². The van der Waals surface area contributed by atoms with E-state index in [1.807, 2.05) is 24.3 Å². The Labute approximate surface area is 184 Å². The number of nitrogens with one attached hydrogen (secondary N) is 1. The predicted molar refractivity (Wildman–Crippen MR) is 118 cm³/mol. The number of carbonyl (C=O) groups is 1. The van der Waals surface area contributed by atoms with Gasteiger partial charge in [0.2, 0.25) is 0 Å². The fourth-order valence-corrected chi connectivity index (χ4v) is 3.81. The number of halogens is 1. The number of hydrogen-bond donors (Lipinski definition) is 1. The van der Waals surface area contributed by atoms with Crippen LogP contribution in [0.2, 0.25) is 0 Å². The lowest BCUT2D eigenvalue weighted by Crippen LogP contribution is -2.43. The van der Waals surface area contributed by atoms with Crippen LogP contribution in [0, 0.1) is 6.92 Å². The van der Waals surface area contributed by atoms with Crippen molar-refractivity contribution < 1.29 is 14.1 Å². The SMILES string of the molecule is Cc1ccc([C@H](CNC(=O)c2cc(-c3ccc(Br)cc3)on2)N2CCOCC2)cc1. The van der Waals surface area contributed by atoms with Crippen molar-refractivity contribution in [3.63, 3.8) is 0 Å². The van der Waals surface area contributed by atoms with Gasteiger partial charge in [0, 0.05) is 35.7 Å². The highest BCUT2D eigenvalue weighted by Gasteiger charge is 2.24. The van der Waals surface area contributed by atoms with Gasteiger partial charge < -0.3 is 14.6 Å². The molecule has 1 fully saturated rings. The molecule has 1 aliphatic rings. The fourth-order valence-electron chi connectivity index (χ4n) is 3.55. The molecule has 30 heavy (non-hydrogen) atoms. The van der Waals surface area contributed by atoms with E-state index in [0.29, 0.717) is 25.5 Å². The van der Waals surface area contributed by atoms with E-state index in [4.69, 9.17) is 9.26 Å². The number of ether oxygens (including phenoxy) is 1. The van der Waals surface area contributed by atoms with Gasteiger partial charge in [0.15, 0.2) is 11.5 Å². The van der Waals surface area contributed by atoms with Crippen molar-refractivity contribution in [3.05, 3.63) is 75.9 Å². The van der Waals surface area contributed by atoms with Crippen molar-refractivity contribution in [1.82, 2.24) is 15.4 Å². The summed E-state index contributed by atoms with van der Waals surface area (Å²) < 4.78 is 11.9. The van der Waals surface area contributed by atoms with E-state index >= 15 is 0 Å². The molecule has 0 aliphatic carbocycles. The molecule has 0 saturated carbocycles. The Balaban J connectivity index is 1.45. The highest BCUT2D eigenvalue weighted by molar-refractivity contribution is 9.10. The lowest BCUT2D eigenvalue weighted by molar-refractivity contribution is 0.0162. The standard InChI is InChI=1S/C23H24BrN3O3/c1-16-2-4-17(5-3-16)21(27-10-12-29-13-11-27)15-25-23(28)20-14-22(30-26-20)18-6-8-19(24)9-7-18/h2-9,14,21H,10-13,15H2,1H3,(H,25,28)/t21-/m0/s1. The van der Waals surface area contributed by atoms with Gasteiger partial charge in [-0.05, 0) is 24.6 Å². The topological polar surface area (TPSA) is 67.6 Å². The minimum absolute atomic E-state index is 0.0799. The Bertz CT molecular complexity index is 980. The van der Waals surface area contributed by atoms with Crippen molar-refractivity contribution in [1.29, 1.82) is 0 Å². The van der Waals surface area contributed by atoms with Gasteiger partial charge in [0.05, 0.1) is 19.3 Å². The van der Waals surface area contributed by atoms with E-state index in [1.54, 1.807) is 6.07 Å². The minimum Gasteiger partial charge on any atom is -0.379 e. The summed E-state index contributed by atoms with van der Waals surface area (Å²) >= 11 is 3.41. The summed E-state index contributed by atoms with van der Waals surface area (Å²) in [6.07, 6.45) is 0. The van der Waals surface area contributed by atoms with Gasteiger partial charge >= 0.3 is 0 Å². The normalized spacial score (nSPS) is 15.7. The summed E-state index contributed by atoms with van der Waals surface area (Å²) in [6.45, 7) is 5.65. The average Bonchev–Trinajstić information content (AvgIpc) is 3.27. The third kappa shape index (κ3) is 4.98. The molecule has 7 heteroatoms.